The summed E-state index contributed by atoms with van der Waals surface area (Å²) in [6.07, 6.45) is 5.66. The van der Waals surface area contributed by atoms with E-state index in [9.17, 15) is 15.0 Å². The molecule has 6 nitrogen and oxygen atoms in total. The maximum atomic E-state index is 11.4. The summed E-state index contributed by atoms with van der Waals surface area (Å²) >= 11 is 0. The summed E-state index contributed by atoms with van der Waals surface area (Å²) in [5.74, 6) is 0.746. The Morgan fingerprint density at radius 3 is 2.63 bits per heavy atom. The van der Waals surface area contributed by atoms with Gasteiger partial charge in [-0.2, -0.15) is 0 Å². The molecule has 3 heterocycles. The van der Waals surface area contributed by atoms with Crippen LogP contribution in [0.4, 0.5) is 4.79 Å². The fraction of sp³-hybridized carbons (Fsp3) is 0.524. The van der Waals surface area contributed by atoms with Gasteiger partial charge in [-0.05, 0) is 36.7 Å². The first-order valence-corrected chi connectivity index (χ1v) is 9.88. The number of imidazole rings is 1. The molecule has 2 aliphatic heterocycles. The molecule has 1 aromatic heterocycles. The summed E-state index contributed by atoms with van der Waals surface area (Å²) in [4.78, 5) is 17.3. The number of benzene rings is 1. The number of carboxylic acid groups (broad SMARTS) is 1. The van der Waals surface area contributed by atoms with E-state index < -0.39 is 6.09 Å². The largest absolute Gasteiger partial charge is 0.465 e. The summed E-state index contributed by atoms with van der Waals surface area (Å²) in [5, 5.41) is 20.8. The van der Waals surface area contributed by atoms with Crippen LogP contribution < -0.4 is 0 Å². The van der Waals surface area contributed by atoms with E-state index in [-0.39, 0.29) is 35.3 Å². The quantitative estimate of drug-likeness (QED) is 0.815. The molecule has 2 aliphatic carbocycles. The topological polar surface area (TPSA) is 78.6 Å². The second kappa shape index (κ2) is 5.13. The van der Waals surface area contributed by atoms with Gasteiger partial charge in [-0.15, -0.1) is 0 Å². The van der Waals surface area contributed by atoms with Crippen molar-refractivity contribution in [2.75, 3.05) is 13.1 Å². The molecule has 4 aliphatic rings. The van der Waals surface area contributed by atoms with Gasteiger partial charge in [-0.3, -0.25) is 0 Å². The standard InChI is InChI=1S/C21H23N3O3/c25-19-16(7-21(19)12-5-6-13(21)10-23(9-12)20(26)27)18-15-4-2-1-3-14(15)17-8-22-11-24(17)18/h1-4,8,11-13,16,18-19,25H,5-7,9-10H2,(H,26,27)/t12-,13-,16-,18-,19+/m0/s1. The lowest BCUT2D eigenvalue weighted by atomic mass is 9.48. The molecule has 3 fully saturated rings. The summed E-state index contributed by atoms with van der Waals surface area (Å²) in [5.41, 5.74) is 3.54. The van der Waals surface area contributed by atoms with Crippen LogP contribution >= 0.6 is 0 Å². The average Bonchev–Trinajstić information content (AvgIpc) is 3.30. The first-order chi connectivity index (χ1) is 13.1. The van der Waals surface area contributed by atoms with Gasteiger partial charge >= 0.3 is 6.09 Å². The molecule has 5 atom stereocenters. The molecule has 1 amide bonds. The van der Waals surface area contributed by atoms with E-state index in [4.69, 9.17) is 0 Å². The van der Waals surface area contributed by atoms with E-state index in [2.05, 4.69) is 33.8 Å². The highest BCUT2D eigenvalue weighted by molar-refractivity contribution is 5.69. The van der Waals surface area contributed by atoms with Crippen molar-refractivity contribution in [1.29, 1.82) is 0 Å². The molecule has 1 spiro atoms. The zero-order valence-electron chi connectivity index (χ0n) is 15.0. The molecule has 2 aromatic rings. The van der Waals surface area contributed by atoms with E-state index in [1.54, 1.807) is 4.90 Å². The van der Waals surface area contributed by atoms with E-state index in [1.807, 2.05) is 12.5 Å². The van der Waals surface area contributed by atoms with Crippen LogP contribution in [0.25, 0.3) is 11.3 Å². The maximum absolute atomic E-state index is 11.4. The SMILES string of the molecule is O=C(O)N1C[C@@H]2CC[C@@H](C1)C21C[C@@H]([C@@H]2c3ccccc3-c3cncn32)[C@H]1O. The fourth-order valence-electron chi connectivity index (χ4n) is 6.85. The minimum Gasteiger partial charge on any atom is -0.465 e. The number of fused-ring (bicyclic) bond motifs is 3. The van der Waals surface area contributed by atoms with Crippen LogP contribution in [0.1, 0.15) is 30.9 Å². The molecular formula is C21H23N3O3. The minimum atomic E-state index is -0.820. The normalized spacial score (nSPS) is 38.6. The highest BCUT2D eigenvalue weighted by Gasteiger charge is 2.67. The van der Waals surface area contributed by atoms with Crippen molar-refractivity contribution in [3.8, 4) is 11.3 Å². The Kier molecular flexibility index (Phi) is 2.98. The van der Waals surface area contributed by atoms with Crippen LogP contribution in [0.5, 0.6) is 0 Å². The number of hydrogen-bond acceptors (Lipinski definition) is 3. The number of amides is 1. The van der Waals surface area contributed by atoms with Crippen LogP contribution in [0.15, 0.2) is 36.8 Å². The van der Waals surface area contributed by atoms with Crippen LogP contribution in [0, 0.1) is 23.2 Å². The van der Waals surface area contributed by atoms with Crippen LogP contribution in [-0.4, -0.2) is 50.0 Å². The van der Waals surface area contributed by atoms with Crippen molar-refractivity contribution in [2.24, 2.45) is 23.2 Å². The molecule has 6 rings (SSSR count). The van der Waals surface area contributed by atoms with Crippen molar-refractivity contribution >= 4 is 6.09 Å². The highest BCUT2D eigenvalue weighted by Crippen LogP contribution is 2.67. The van der Waals surface area contributed by atoms with Crippen molar-refractivity contribution in [3.63, 3.8) is 0 Å². The van der Waals surface area contributed by atoms with Gasteiger partial charge in [0.15, 0.2) is 0 Å². The van der Waals surface area contributed by atoms with Gasteiger partial charge in [-0.25, -0.2) is 9.78 Å². The average molecular weight is 365 g/mol. The van der Waals surface area contributed by atoms with Gasteiger partial charge in [-0.1, -0.05) is 24.3 Å². The van der Waals surface area contributed by atoms with Crippen molar-refractivity contribution in [1.82, 2.24) is 14.5 Å². The Morgan fingerprint density at radius 2 is 1.93 bits per heavy atom. The van der Waals surface area contributed by atoms with Crippen molar-refractivity contribution in [2.45, 2.75) is 31.4 Å². The number of rotatable bonds is 1. The molecule has 2 N–H and O–H groups in total. The van der Waals surface area contributed by atoms with Crippen LogP contribution in [0.2, 0.25) is 0 Å². The lowest BCUT2D eigenvalue weighted by Crippen LogP contribution is -2.65. The number of aliphatic hydroxyl groups excluding tert-OH is 1. The van der Waals surface area contributed by atoms with E-state index >= 15 is 0 Å². The Hall–Kier alpha value is -2.34. The molecular weight excluding hydrogens is 342 g/mol. The summed E-state index contributed by atoms with van der Waals surface area (Å²) < 4.78 is 2.22. The second-order valence-corrected chi connectivity index (χ2v) is 8.80. The van der Waals surface area contributed by atoms with Gasteiger partial charge in [0.1, 0.15) is 0 Å². The zero-order chi connectivity index (χ0) is 18.3. The van der Waals surface area contributed by atoms with E-state index in [0.29, 0.717) is 13.1 Å². The summed E-state index contributed by atoms with van der Waals surface area (Å²) in [7, 11) is 0. The highest BCUT2D eigenvalue weighted by atomic mass is 16.4. The number of nitrogens with zero attached hydrogens (tertiary/aromatic N) is 3. The van der Waals surface area contributed by atoms with E-state index in [1.165, 1.54) is 11.1 Å². The van der Waals surface area contributed by atoms with Gasteiger partial charge in [0, 0.05) is 30.0 Å². The summed E-state index contributed by atoms with van der Waals surface area (Å²) in [6.45, 7) is 1.15. The number of piperidine rings is 1. The predicted molar refractivity (Wildman–Crippen MR) is 98.2 cm³/mol. The maximum Gasteiger partial charge on any atom is 0.407 e. The van der Waals surface area contributed by atoms with Gasteiger partial charge in [0.25, 0.3) is 0 Å². The Bertz CT molecular complexity index is 924. The molecule has 27 heavy (non-hydrogen) atoms. The molecule has 140 valence electrons. The fourth-order valence-corrected chi connectivity index (χ4v) is 6.85. The van der Waals surface area contributed by atoms with Crippen molar-refractivity contribution < 1.29 is 15.0 Å². The summed E-state index contributed by atoms with van der Waals surface area (Å²) in [6, 6.07) is 8.57. The third-order valence-corrected chi connectivity index (χ3v) is 8.01. The number of likely N-dealkylation sites (tertiary alicyclic amines) is 1. The third-order valence-electron chi connectivity index (χ3n) is 8.01. The van der Waals surface area contributed by atoms with E-state index in [0.717, 1.165) is 25.0 Å². The van der Waals surface area contributed by atoms with Crippen LogP contribution in [0.3, 0.4) is 0 Å². The Balaban J connectivity index is 1.34. The molecule has 1 saturated heterocycles. The van der Waals surface area contributed by atoms with Gasteiger partial charge in [0.2, 0.25) is 0 Å². The minimum absolute atomic E-state index is 0.0884. The Labute approximate surface area is 157 Å². The van der Waals surface area contributed by atoms with Gasteiger partial charge in [0.05, 0.1) is 30.4 Å². The molecule has 0 radical (unpaired) electrons. The smallest absolute Gasteiger partial charge is 0.407 e. The number of aromatic nitrogens is 2. The molecule has 1 aromatic carbocycles. The molecule has 2 bridgehead atoms. The number of aliphatic hydroxyl groups is 1. The monoisotopic (exact) mass is 365 g/mol. The molecule has 6 heteroatoms. The predicted octanol–water partition coefficient (Wildman–Crippen LogP) is 2.84. The first kappa shape index (κ1) is 15.7. The lowest BCUT2D eigenvalue weighted by molar-refractivity contribution is -0.193. The molecule has 2 saturated carbocycles. The Morgan fingerprint density at radius 1 is 1.19 bits per heavy atom. The second-order valence-electron chi connectivity index (χ2n) is 8.80. The number of hydrogen-bond donors (Lipinski definition) is 2. The lowest BCUT2D eigenvalue weighted by Gasteiger charge is -2.61. The van der Waals surface area contributed by atoms with Crippen LogP contribution in [-0.2, 0) is 0 Å². The molecule has 0 unspecified atom stereocenters. The van der Waals surface area contributed by atoms with Gasteiger partial charge < -0.3 is 19.7 Å². The third kappa shape index (κ3) is 1.79. The van der Waals surface area contributed by atoms with Crippen molar-refractivity contribution in [3.05, 3.63) is 42.4 Å². The first-order valence-electron chi connectivity index (χ1n) is 9.88. The number of carbonyl (C=O) groups is 1. The zero-order valence-corrected chi connectivity index (χ0v) is 15.0.